The van der Waals surface area contributed by atoms with Gasteiger partial charge in [-0.15, -0.1) is 0 Å². The van der Waals surface area contributed by atoms with Crippen molar-refractivity contribution >= 4 is 21.0 Å². The maximum atomic E-state index is 10.8. The van der Waals surface area contributed by atoms with Crippen LogP contribution in [-0.2, 0) is 10.1 Å². The van der Waals surface area contributed by atoms with Gasteiger partial charge in [0, 0.05) is 11.6 Å². The lowest BCUT2D eigenvalue weighted by molar-refractivity contribution is 0.490. The number of hydrogen-bond donors (Lipinski definition) is 2. The van der Waals surface area contributed by atoms with E-state index in [1.54, 1.807) is 0 Å². The first kappa shape index (κ1) is 15.3. The molecule has 0 amide bonds. The van der Waals surface area contributed by atoms with Crippen molar-refractivity contribution in [3.05, 3.63) is 46.8 Å². The van der Waals surface area contributed by atoms with Gasteiger partial charge in [-0.2, -0.15) is 8.42 Å². The summed E-state index contributed by atoms with van der Waals surface area (Å²) in [6, 6.07) is 11.0. The maximum Gasteiger partial charge on any atom is 0.261 e. The van der Waals surface area contributed by atoms with Crippen LogP contribution < -0.4 is 5.56 Å². The molecular formula is C10H12FNO4S. The number of aromatic amines is 1. The average Bonchev–Trinajstić information content (AvgIpc) is 2.15. The average molecular weight is 261 g/mol. The summed E-state index contributed by atoms with van der Waals surface area (Å²) >= 11 is 0. The predicted molar refractivity (Wildman–Crippen MR) is 64.5 cm³/mol. The van der Waals surface area contributed by atoms with Gasteiger partial charge in [0.15, 0.2) is 0 Å². The predicted octanol–water partition coefficient (Wildman–Crippen LogP) is 1.18. The largest absolute Gasteiger partial charge is 0.322 e. The highest BCUT2D eigenvalue weighted by Crippen LogP contribution is 2.06. The lowest BCUT2D eigenvalue weighted by Crippen LogP contribution is -2.01. The Hall–Kier alpha value is -1.73. The van der Waals surface area contributed by atoms with Crippen LogP contribution in [0.25, 0.3) is 10.9 Å². The van der Waals surface area contributed by atoms with Gasteiger partial charge in [-0.05, 0) is 17.5 Å². The number of fused-ring (bicyclic) bond motifs is 1. The van der Waals surface area contributed by atoms with Crippen LogP contribution >= 0.6 is 0 Å². The van der Waals surface area contributed by atoms with Gasteiger partial charge in [0.1, 0.15) is 0 Å². The van der Waals surface area contributed by atoms with Gasteiger partial charge in [-0.25, -0.2) is 0 Å². The number of benzene rings is 1. The van der Waals surface area contributed by atoms with Crippen molar-refractivity contribution in [2.45, 2.75) is 0 Å². The molecular weight excluding hydrogens is 249 g/mol. The zero-order valence-electron chi connectivity index (χ0n) is 8.95. The Morgan fingerprint density at radius 3 is 2.24 bits per heavy atom. The van der Waals surface area contributed by atoms with Crippen LogP contribution in [0.2, 0.25) is 0 Å². The summed E-state index contributed by atoms with van der Waals surface area (Å²) in [5.41, 5.74) is 0.837. The van der Waals surface area contributed by atoms with Gasteiger partial charge in [0.05, 0.1) is 6.26 Å². The Balaban J connectivity index is 0.000000373. The fourth-order valence-corrected chi connectivity index (χ4v) is 1.10. The van der Waals surface area contributed by atoms with Crippen molar-refractivity contribution < 1.29 is 17.7 Å². The number of rotatable bonds is 0. The summed E-state index contributed by atoms with van der Waals surface area (Å²) in [6.07, 6.45) is 0.715. The monoisotopic (exact) mass is 261 g/mol. The Morgan fingerprint density at radius 1 is 1.12 bits per heavy atom. The minimum Gasteiger partial charge on any atom is -0.322 e. The van der Waals surface area contributed by atoms with E-state index in [0.717, 1.165) is 10.9 Å². The molecule has 0 saturated heterocycles. The number of aromatic nitrogens is 1. The minimum absolute atomic E-state index is 0. The lowest BCUT2D eigenvalue weighted by atomic mass is 10.2. The van der Waals surface area contributed by atoms with E-state index in [4.69, 9.17) is 4.55 Å². The van der Waals surface area contributed by atoms with Crippen LogP contribution in [0.15, 0.2) is 41.2 Å². The molecule has 0 radical (unpaired) electrons. The molecule has 5 nitrogen and oxygen atoms in total. The fourth-order valence-electron chi connectivity index (χ4n) is 1.10. The summed E-state index contributed by atoms with van der Waals surface area (Å²) in [5, 5.41) is 1.06. The molecule has 0 atom stereocenters. The SMILES string of the molecule is CS(=O)(=O)O.F.O=c1ccc2ccccc2[nH]1. The van der Waals surface area contributed by atoms with Gasteiger partial charge >= 0.3 is 0 Å². The molecule has 0 unspecified atom stereocenters. The highest BCUT2D eigenvalue weighted by molar-refractivity contribution is 7.85. The van der Waals surface area contributed by atoms with E-state index in [1.807, 2.05) is 30.3 Å². The van der Waals surface area contributed by atoms with Crippen molar-refractivity contribution in [1.82, 2.24) is 4.98 Å². The van der Waals surface area contributed by atoms with Crippen LogP contribution in [0.1, 0.15) is 0 Å². The van der Waals surface area contributed by atoms with E-state index in [-0.39, 0.29) is 10.3 Å². The van der Waals surface area contributed by atoms with Crippen LogP contribution in [-0.4, -0.2) is 24.2 Å². The van der Waals surface area contributed by atoms with E-state index in [0.29, 0.717) is 6.26 Å². The highest BCUT2D eigenvalue weighted by Gasteiger charge is 1.89. The Labute approximate surface area is 97.2 Å². The van der Waals surface area contributed by atoms with E-state index in [1.165, 1.54) is 6.07 Å². The van der Waals surface area contributed by atoms with Gasteiger partial charge in [-0.1, -0.05) is 18.2 Å². The van der Waals surface area contributed by atoms with Gasteiger partial charge in [0.25, 0.3) is 10.1 Å². The first-order chi connectivity index (χ1) is 7.36. The van der Waals surface area contributed by atoms with Gasteiger partial charge in [0.2, 0.25) is 5.56 Å². The third-order valence-electron chi connectivity index (χ3n) is 1.63. The molecule has 0 saturated carbocycles. The second-order valence-corrected chi connectivity index (χ2v) is 4.61. The standard InChI is InChI=1S/C9H7NO.CH4O3S.FH/c11-9-6-5-7-3-1-2-4-8(7)10-9;1-5(2,3)4;/h1-6H,(H,10,11);1H3,(H,2,3,4);1H. The Kier molecular flexibility index (Phi) is 5.49. The number of halogens is 1. The first-order valence-electron chi connectivity index (χ1n) is 4.37. The van der Waals surface area contributed by atoms with Crippen molar-refractivity contribution in [2.24, 2.45) is 0 Å². The molecule has 2 aromatic rings. The minimum atomic E-state index is -3.67. The third-order valence-corrected chi connectivity index (χ3v) is 1.63. The van der Waals surface area contributed by atoms with E-state index < -0.39 is 10.1 Å². The normalized spacial score (nSPS) is 10.0. The van der Waals surface area contributed by atoms with Crippen molar-refractivity contribution in [1.29, 1.82) is 0 Å². The molecule has 1 heterocycles. The van der Waals surface area contributed by atoms with Crippen LogP contribution in [0, 0.1) is 0 Å². The number of nitrogens with one attached hydrogen (secondary N) is 1. The molecule has 7 heteroatoms. The fraction of sp³-hybridized carbons (Fsp3) is 0.100. The molecule has 1 aromatic carbocycles. The molecule has 0 bridgehead atoms. The van der Waals surface area contributed by atoms with E-state index in [9.17, 15) is 13.2 Å². The van der Waals surface area contributed by atoms with E-state index >= 15 is 0 Å². The number of para-hydroxylation sites is 1. The molecule has 2 rings (SSSR count). The number of pyridine rings is 1. The zero-order valence-corrected chi connectivity index (χ0v) is 9.77. The van der Waals surface area contributed by atoms with Gasteiger partial charge < -0.3 is 4.98 Å². The summed E-state index contributed by atoms with van der Waals surface area (Å²) in [4.78, 5) is 13.6. The Morgan fingerprint density at radius 2 is 1.65 bits per heavy atom. The van der Waals surface area contributed by atoms with Crippen molar-refractivity contribution in [3.63, 3.8) is 0 Å². The summed E-state index contributed by atoms with van der Waals surface area (Å²) in [7, 11) is -3.67. The molecule has 94 valence electrons. The molecule has 17 heavy (non-hydrogen) atoms. The second-order valence-electron chi connectivity index (χ2n) is 3.14. The molecule has 0 aliphatic carbocycles. The van der Waals surface area contributed by atoms with Gasteiger partial charge in [-0.3, -0.25) is 14.1 Å². The third kappa shape index (κ3) is 6.44. The lowest BCUT2D eigenvalue weighted by Gasteiger charge is -1.93. The number of hydrogen-bond acceptors (Lipinski definition) is 3. The summed E-state index contributed by atoms with van der Waals surface area (Å²) in [5.74, 6) is 0. The van der Waals surface area contributed by atoms with E-state index in [2.05, 4.69) is 4.98 Å². The summed E-state index contributed by atoms with van der Waals surface area (Å²) in [6.45, 7) is 0. The highest BCUT2D eigenvalue weighted by atomic mass is 32.2. The first-order valence-corrected chi connectivity index (χ1v) is 6.21. The van der Waals surface area contributed by atoms with Crippen LogP contribution in [0.5, 0.6) is 0 Å². The Bertz CT molecular complexity index is 628. The number of H-pyrrole nitrogens is 1. The molecule has 0 fully saturated rings. The maximum absolute atomic E-state index is 10.8. The molecule has 0 spiro atoms. The van der Waals surface area contributed by atoms with Crippen molar-refractivity contribution in [2.75, 3.05) is 6.26 Å². The molecule has 0 aliphatic heterocycles. The molecule has 0 aliphatic rings. The molecule has 2 N–H and O–H groups in total. The zero-order chi connectivity index (χ0) is 12.2. The quantitative estimate of drug-likeness (QED) is 0.697. The second kappa shape index (κ2) is 6.12. The smallest absolute Gasteiger partial charge is 0.261 e. The summed E-state index contributed by atoms with van der Waals surface area (Å²) < 4.78 is 25.9. The molecule has 1 aromatic heterocycles. The van der Waals surface area contributed by atoms with Crippen LogP contribution in [0.3, 0.4) is 0 Å². The van der Waals surface area contributed by atoms with Crippen LogP contribution in [0.4, 0.5) is 4.70 Å². The van der Waals surface area contributed by atoms with Crippen molar-refractivity contribution in [3.8, 4) is 0 Å². The topological polar surface area (TPSA) is 87.2 Å².